The highest BCUT2D eigenvalue weighted by Gasteiger charge is 2.15. The second-order valence-electron chi connectivity index (χ2n) is 6.91. The molecule has 0 fully saturated rings. The molecule has 3 aromatic carbocycles. The molecule has 0 radical (unpaired) electrons. The van der Waals surface area contributed by atoms with Crippen LogP contribution in [0.3, 0.4) is 0 Å². The molecule has 4 aromatic rings. The Morgan fingerprint density at radius 1 is 0.867 bits per heavy atom. The Kier molecular flexibility index (Phi) is 6.35. The van der Waals surface area contributed by atoms with Crippen molar-refractivity contribution in [2.24, 2.45) is 0 Å². The summed E-state index contributed by atoms with van der Waals surface area (Å²) < 4.78 is 13.5. The molecule has 4 nitrogen and oxygen atoms in total. The van der Waals surface area contributed by atoms with Gasteiger partial charge in [0.2, 0.25) is 5.78 Å². The Labute approximate surface area is 180 Å². The molecule has 1 aromatic heterocycles. The summed E-state index contributed by atoms with van der Waals surface area (Å²) in [5, 5.41) is 1.54. The van der Waals surface area contributed by atoms with Crippen LogP contribution in [0.2, 0.25) is 5.02 Å². The van der Waals surface area contributed by atoms with Gasteiger partial charge in [-0.25, -0.2) is 0 Å². The predicted octanol–water partition coefficient (Wildman–Crippen LogP) is 6.03. The molecule has 0 bridgehead atoms. The summed E-state index contributed by atoms with van der Waals surface area (Å²) in [4.78, 5) is 12.8. The molecule has 0 unspecified atom stereocenters. The Balaban J connectivity index is 1.42. The lowest BCUT2D eigenvalue weighted by atomic mass is 10.1. The number of rotatable bonds is 9. The number of Topliss-reactive ketones (excluding diaryl/α,β-unsaturated/α-hetero) is 1. The first kappa shape index (κ1) is 20.0. The minimum absolute atomic E-state index is 0.00758. The van der Waals surface area contributed by atoms with Gasteiger partial charge in [0.15, 0.2) is 6.61 Å². The van der Waals surface area contributed by atoms with E-state index in [-0.39, 0.29) is 12.4 Å². The summed E-state index contributed by atoms with van der Waals surface area (Å²) >= 11 is 6.13. The minimum Gasteiger partial charge on any atom is -0.492 e. The quantitative estimate of drug-likeness (QED) is 0.246. The predicted molar refractivity (Wildman–Crippen MR) is 120 cm³/mol. The third-order valence-electron chi connectivity index (χ3n) is 4.84. The number of hydrogen-bond acceptors (Lipinski definition) is 3. The Morgan fingerprint density at radius 2 is 1.60 bits per heavy atom. The van der Waals surface area contributed by atoms with Crippen LogP contribution in [0, 0.1) is 0 Å². The number of carbonyl (C=O) groups is 1. The smallest absolute Gasteiger partial charge is 0.202 e. The van der Waals surface area contributed by atoms with Crippen LogP contribution in [0.4, 0.5) is 0 Å². The zero-order chi connectivity index (χ0) is 20.8. The molecule has 0 amide bonds. The number of carbonyl (C=O) groups excluding carboxylic acids is 1. The van der Waals surface area contributed by atoms with Crippen LogP contribution in [-0.4, -0.2) is 23.6 Å². The van der Waals surface area contributed by atoms with E-state index in [9.17, 15) is 4.79 Å². The van der Waals surface area contributed by atoms with Gasteiger partial charge in [-0.05, 0) is 36.8 Å². The molecular weight excluding hydrogens is 398 g/mol. The third kappa shape index (κ3) is 4.66. The first-order chi connectivity index (χ1) is 14.7. The van der Waals surface area contributed by atoms with Crippen LogP contribution in [0.1, 0.15) is 16.8 Å². The summed E-state index contributed by atoms with van der Waals surface area (Å²) in [6.45, 7) is 1.28. The number of ketones is 1. The first-order valence-electron chi connectivity index (χ1n) is 9.88. The lowest BCUT2D eigenvalue weighted by molar-refractivity contribution is 0.0923. The molecule has 30 heavy (non-hydrogen) atoms. The second-order valence-corrected chi connectivity index (χ2v) is 7.32. The van der Waals surface area contributed by atoms with Crippen molar-refractivity contribution in [3.63, 3.8) is 0 Å². The van der Waals surface area contributed by atoms with Gasteiger partial charge in [-0.2, -0.15) is 0 Å². The van der Waals surface area contributed by atoms with Crippen LogP contribution < -0.4 is 9.47 Å². The van der Waals surface area contributed by atoms with E-state index in [0.29, 0.717) is 28.7 Å². The number of fused-ring (bicyclic) bond motifs is 1. The highest BCUT2D eigenvalue weighted by Crippen LogP contribution is 2.24. The SMILES string of the molecule is O=C(COc1ccccc1)c1cn(CCCOc2ccccc2Cl)c2ccccc12. The van der Waals surface area contributed by atoms with Crippen LogP contribution in [0.5, 0.6) is 11.5 Å². The van der Waals surface area contributed by atoms with Crippen LogP contribution >= 0.6 is 11.6 Å². The molecule has 152 valence electrons. The molecule has 0 aliphatic rings. The normalized spacial score (nSPS) is 10.8. The largest absolute Gasteiger partial charge is 0.492 e. The van der Waals surface area contributed by atoms with Crippen molar-refractivity contribution in [3.05, 3.63) is 95.6 Å². The molecule has 0 N–H and O–H groups in total. The summed E-state index contributed by atoms with van der Waals surface area (Å²) in [5.74, 6) is 1.33. The number of aromatic nitrogens is 1. The topological polar surface area (TPSA) is 40.5 Å². The molecule has 0 aliphatic heterocycles. The molecule has 0 spiro atoms. The number of hydrogen-bond donors (Lipinski definition) is 0. The first-order valence-corrected chi connectivity index (χ1v) is 10.3. The zero-order valence-electron chi connectivity index (χ0n) is 16.5. The van der Waals surface area contributed by atoms with E-state index < -0.39 is 0 Å². The summed E-state index contributed by atoms with van der Waals surface area (Å²) in [5.41, 5.74) is 1.70. The van der Waals surface area contributed by atoms with E-state index in [1.165, 1.54) is 0 Å². The zero-order valence-corrected chi connectivity index (χ0v) is 17.2. The second kappa shape index (κ2) is 9.51. The van der Waals surface area contributed by atoms with Gasteiger partial charge in [0, 0.05) is 29.2 Å². The fraction of sp³-hybridized carbons (Fsp3) is 0.160. The van der Waals surface area contributed by atoms with E-state index >= 15 is 0 Å². The molecule has 1 heterocycles. The Hall–Kier alpha value is -3.24. The van der Waals surface area contributed by atoms with Gasteiger partial charge in [0.1, 0.15) is 11.5 Å². The van der Waals surface area contributed by atoms with Crippen LogP contribution in [0.15, 0.2) is 85.1 Å². The van der Waals surface area contributed by atoms with Crippen LogP contribution in [-0.2, 0) is 6.54 Å². The van der Waals surface area contributed by atoms with Gasteiger partial charge in [-0.3, -0.25) is 4.79 Å². The molecule has 0 saturated heterocycles. The van der Waals surface area contributed by atoms with Gasteiger partial charge in [-0.1, -0.05) is 60.1 Å². The van der Waals surface area contributed by atoms with Crippen molar-refractivity contribution in [1.29, 1.82) is 0 Å². The summed E-state index contributed by atoms with van der Waals surface area (Å²) in [6.07, 6.45) is 2.70. The lowest BCUT2D eigenvalue weighted by Gasteiger charge is -2.09. The van der Waals surface area contributed by atoms with Gasteiger partial charge in [-0.15, -0.1) is 0 Å². The average molecular weight is 420 g/mol. The standard InChI is InChI=1S/C25H22ClNO3/c26-22-12-5-7-14-25(22)29-16-8-15-27-17-21(20-11-4-6-13-23(20)27)24(28)18-30-19-9-2-1-3-10-19/h1-7,9-14,17H,8,15-16,18H2. The Bertz CT molecular complexity index is 1140. The van der Waals surface area contributed by atoms with E-state index in [0.717, 1.165) is 23.9 Å². The maximum atomic E-state index is 12.8. The van der Waals surface area contributed by atoms with E-state index in [4.69, 9.17) is 21.1 Å². The van der Waals surface area contributed by atoms with Crippen LogP contribution in [0.25, 0.3) is 10.9 Å². The van der Waals surface area contributed by atoms with Crippen molar-refractivity contribution in [1.82, 2.24) is 4.57 Å². The monoisotopic (exact) mass is 419 g/mol. The fourth-order valence-corrected chi connectivity index (χ4v) is 3.57. The van der Waals surface area contributed by atoms with Crippen molar-refractivity contribution in [2.45, 2.75) is 13.0 Å². The molecule has 0 saturated carbocycles. The minimum atomic E-state index is -0.0406. The maximum Gasteiger partial charge on any atom is 0.202 e. The van der Waals surface area contributed by atoms with Crippen molar-refractivity contribution in [2.75, 3.05) is 13.2 Å². The molecule has 4 rings (SSSR count). The highest BCUT2D eigenvalue weighted by molar-refractivity contribution is 6.32. The van der Waals surface area contributed by atoms with Gasteiger partial charge >= 0.3 is 0 Å². The van der Waals surface area contributed by atoms with Gasteiger partial charge in [0.05, 0.1) is 11.6 Å². The van der Waals surface area contributed by atoms with E-state index in [1.54, 1.807) is 0 Å². The van der Waals surface area contributed by atoms with Crippen molar-refractivity contribution < 1.29 is 14.3 Å². The average Bonchev–Trinajstić information content (AvgIpc) is 3.16. The molecule has 0 atom stereocenters. The number of nitrogens with zero attached hydrogens (tertiary/aromatic N) is 1. The number of benzene rings is 3. The highest BCUT2D eigenvalue weighted by atomic mass is 35.5. The van der Waals surface area contributed by atoms with Gasteiger partial charge < -0.3 is 14.0 Å². The fourth-order valence-electron chi connectivity index (χ4n) is 3.38. The number of ether oxygens (including phenoxy) is 2. The molecular formula is C25H22ClNO3. The maximum absolute atomic E-state index is 12.8. The third-order valence-corrected chi connectivity index (χ3v) is 5.15. The Morgan fingerprint density at radius 3 is 2.43 bits per heavy atom. The lowest BCUT2D eigenvalue weighted by Crippen LogP contribution is -2.11. The van der Waals surface area contributed by atoms with Crippen molar-refractivity contribution >= 4 is 28.3 Å². The van der Waals surface area contributed by atoms with E-state index in [1.807, 2.05) is 85.1 Å². The van der Waals surface area contributed by atoms with Crippen molar-refractivity contribution in [3.8, 4) is 11.5 Å². The number of aryl methyl sites for hydroxylation is 1. The number of para-hydroxylation sites is 3. The van der Waals surface area contributed by atoms with Gasteiger partial charge in [0.25, 0.3) is 0 Å². The van der Waals surface area contributed by atoms with E-state index in [2.05, 4.69) is 4.57 Å². The molecule has 0 aliphatic carbocycles. The number of halogens is 1. The molecule has 5 heteroatoms. The summed E-state index contributed by atoms with van der Waals surface area (Å²) in [6, 6.07) is 24.7. The summed E-state index contributed by atoms with van der Waals surface area (Å²) in [7, 11) is 0.